The molecule has 148 valence electrons. The molecule has 1 saturated carbocycles. The molecule has 6 heteroatoms. The Morgan fingerprint density at radius 2 is 1.89 bits per heavy atom. The van der Waals surface area contributed by atoms with E-state index in [0.29, 0.717) is 6.54 Å². The molecule has 1 aromatic carbocycles. The SMILES string of the molecule is CN(C)C1(CNC(=O)NCCCc2nc3ccccc3[nH]2)CCCCCC1. The average molecular weight is 372 g/mol. The van der Waals surface area contributed by atoms with Crippen molar-refractivity contribution in [3.63, 3.8) is 0 Å². The molecule has 0 atom stereocenters. The van der Waals surface area contributed by atoms with Crippen LogP contribution >= 0.6 is 0 Å². The average Bonchev–Trinajstić information content (AvgIpc) is 2.91. The first-order chi connectivity index (χ1) is 13.1. The number of hydrogen-bond donors (Lipinski definition) is 3. The van der Waals surface area contributed by atoms with Crippen molar-refractivity contribution in [1.82, 2.24) is 25.5 Å². The van der Waals surface area contributed by atoms with Crippen LogP contribution in [0.3, 0.4) is 0 Å². The van der Waals surface area contributed by atoms with E-state index in [2.05, 4.69) is 39.6 Å². The second-order valence-corrected chi connectivity index (χ2v) is 7.95. The number of H-pyrrole nitrogens is 1. The van der Waals surface area contributed by atoms with Crippen molar-refractivity contribution in [1.29, 1.82) is 0 Å². The van der Waals surface area contributed by atoms with Crippen LogP contribution in [0, 0.1) is 0 Å². The number of aromatic nitrogens is 2. The quantitative estimate of drug-likeness (QED) is 0.515. The third-order valence-electron chi connectivity index (χ3n) is 5.88. The zero-order valence-electron chi connectivity index (χ0n) is 16.7. The molecule has 1 aromatic heterocycles. The molecule has 0 bridgehead atoms. The number of benzene rings is 1. The Kier molecular flexibility index (Phi) is 6.72. The van der Waals surface area contributed by atoms with E-state index in [0.717, 1.165) is 49.1 Å². The van der Waals surface area contributed by atoms with Gasteiger partial charge in [-0.15, -0.1) is 0 Å². The summed E-state index contributed by atoms with van der Waals surface area (Å²) in [5.74, 6) is 0.975. The molecule has 0 unspecified atom stereocenters. The fraction of sp³-hybridized carbons (Fsp3) is 0.619. The standard InChI is InChI=1S/C21H33N5O/c1-26(2)21(13-7-3-4-8-14-21)16-23-20(27)22-15-9-12-19-24-17-10-5-6-11-18(17)25-19/h5-6,10-11H,3-4,7-9,12-16H2,1-2H3,(H,24,25)(H2,22,23,27). The van der Waals surface area contributed by atoms with E-state index in [1.54, 1.807) is 0 Å². The Labute approximate surface area is 162 Å². The topological polar surface area (TPSA) is 73.1 Å². The molecule has 0 spiro atoms. The number of imidazole rings is 1. The summed E-state index contributed by atoms with van der Waals surface area (Å²) in [5.41, 5.74) is 2.16. The molecule has 3 rings (SSSR count). The number of carbonyl (C=O) groups excluding carboxylic acids is 1. The van der Waals surface area contributed by atoms with Gasteiger partial charge in [-0.25, -0.2) is 9.78 Å². The van der Waals surface area contributed by atoms with Crippen molar-refractivity contribution in [2.75, 3.05) is 27.2 Å². The van der Waals surface area contributed by atoms with Crippen molar-refractivity contribution < 1.29 is 4.79 Å². The van der Waals surface area contributed by atoms with Crippen LogP contribution in [0.2, 0.25) is 0 Å². The third kappa shape index (κ3) is 5.22. The predicted octanol–water partition coefficient (Wildman–Crippen LogP) is 3.45. The maximum atomic E-state index is 12.2. The fourth-order valence-electron chi connectivity index (χ4n) is 4.06. The number of amides is 2. The van der Waals surface area contributed by atoms with Gasteiger partial charge in [-0.3, -0.25) is 0 Å². The van der Waals surface area contributed by atoms with Gasteiger partial charge in [-0.2, -0.15) is 0 Å². The maximum Gasteiger partial charge on any atom is 0.314 e. The summed E-state index contributed by atoms with van der Waals surface area (Å²) in [6.07, 6.45) is 9.13. The number of hydrogen-bond acceptors (Lipinski definition) is 3. The number of aryl methyl sites for hydroxylation is 1. The molecule has 27 heavy (non-hydrogen) atoms. The second kappa shape index (κ2) is 9.22. The van der Waals surface area contributed by atoms with Crippen LogP contribution in [0.1, 0.15) is 50.8 Å². The Bertz CT molecular complexity index is 698. The summed E-state index contributed by atoms with van der Waals surface area (Å²) >= 11 is 0. The molecule has 1 fully saturated rings. The Balaban J connectivity index is 1.40. The minimum absolute atomic E-state index is 0.0647. The highest BCUT2D eigenvalue weighted by atomic mass is 16.2. The van der Waals surface area contributed by atoms with E-state index in [1.165, 1.54) is 25.7 Å². The number of rotatable bonds is 7. The van der Waals surface area contributed by atoms with Crippen molar-refractivity contribution in [3.8, 4) is 0 Å². The second-order valence-electron chi connectivity index (χ2n) is 7.95. The molecule has 3 N–H and O–H groups in total. The van der Waals surface area contributed by atoms with Crippen LogP contribution in [0.5, 0.6) is 0 Å². The van der Waals surface area contributed by atoms with Crippen molar-refractivity contribution >= 4 is 17.1 Å². The number of likely N-dealkylation sites (N-methyl/N-ethyl adjacent to an activating group) is 1. The molecular weight excluding hydrogens is 338 g/mol. The summed E-state index contributed by atoms with van der Waals surface area (Å²) in [7, 11) is 4.27. The maximum absolute atomic E-state index is 12.2. The van der Waals surface area contributed by atoms with Gasteiger partial charge < -0.3 is 20.5 Å². The van der Waals surface area contributed by atoms with Crippen LogP contribution in [0.25, 0.3) is 11.0 Å². The van der Waals surface area contributed by atoms with E-state index >= 15 is 0 Å². The molecule has 0 radical (unpaired) electrons. The first kappa shape index (κ1) is 19.7. The zero-order chi connectivity index (χ0) is 19.1. The monoisotopic (exact) mass is 371 g/mol. The highest BCUT2D eigenvalue weighted by Gasteiger charge is 2.33. The highest BCUT2D eigenvalue weighted by Crippen LogP contribution is 2.30. The molecule has 2 aromatic rings. The summed E-state index contributed by atoms with van der Waals surface area (Å²) in [4.78, 5) is 22.4. The third-order valence-corrected chi connectivity index (χ3v) is 5.88. The summed E-state index contributed by atoms with van der Waals surface area (Å²) in [5, 5.41) is 6.10. The molecule has 0 saturated heterocycles. The first-order valence-corrected chi connectivity index (χ1v) is 10.2. The van der Waals surface area contributed by atoms with Gasteiger partial charge in [0, 0.05) is 25.0 Å². The summed E-state index contributed by atoms with van der Waals surface area (Å²) in [6, 6.07) is 7.98. The largest absolute Gasteiger partial charge is 0.342 e. The number of urea groups is 1. The van der Waals surface area contributed by atoms with Gasteiger partial charge in [-0.05, 0) is 45.5 Å². The number of fused-ring (bicyclic) bond motifs is 1. The van der Waals surface area contributed by atoms with Crippen molar-refractivity contribution in [2.24, 2.45) is 0 Å². The zero-order valence-corrected chi connectivity index (χ0v) is 16.7. The van der Waals surface area contributed by atoms with Crippen LogP contribution in [-0.2, 0) is 6.42 Å². The number of nitrogens with one attached hydrogen (secondary N) is 3. The molecular formula is C21H33N5O. The van der Waals surface area contributed by atoms with Gasteiger partial charge in [0.25, 0.3) is 0 Å². The van der Waals surface area contributed by atoms with Gasteiger partial charge in [0.15, 0.2) is 0 Å². The lowest BCUT2D eigenvalue weighted by atomic mass is 9.89. The predicted molar refractivity (Wildman–Crippen MR) is 110 cm³/mol. The number of aromatic amines is 1. The van der Waals surface area contributed by atoms with Gasteiger partial charge >= 0.3 is 6.03 Å². The van der Waals surface area contributed by atoms with Crippen molar-refractivity contribution in [2.45, 2.75) is 56.9 Å². The number of para-hydroxylation sites is 2. The first-order valence-electron chi connectivity index (χ1n) is 10.2. The molecule has 2 amide bonds. The van der Waals surface area contributed by atoms with Gasteiger partial charge in [-0.1, -0.05) is 37.8 Å². The van der Waals surface area contributed by atoms with E-state index in [4.69, 9.17) is 0 Å². The van der Waals surface area contributed by atoms with Gasteiger partial charge in [0.1, 0.15) is 5.82 Å². The number of carbonyl (C=O) groups is 1. The Hall–Kier alpha value is -2.08. The lowest BCUT2D eigenvalue weighted by molar-refractivity contribution is 0.128. The van der Waals surface area contributed by atoms with Crippen LogP contribution in [-0.4, -0.2) is 53.6 Å². The smallest absolute Gasteiger partial charge is 0.314 e. The Morgan fingerprint density at radius 3 is 2.59 bits per heavy atom. The lowest BCUT2D eigenvalue weighted by Crippen LogP contribution is -2.54. The highest BCUT2D eigenvalue weighted by molar-refractivity contribution is 5.75. The van der Waals surface area contributed by atoms with Crippen LogP contribution in [0.4, 0.5) is 4.79 Å². The fourth-order valence-corrected chi connectivity index (χ4v) is 4.06. The summed E-state index contributed by atoms with van der Waals surface area (Å²) < 4.78 is 0. The molecule has 0 aliphatic heterocycles. The van der Waals surface area contributed by atoms with Crippen LogP contribution < -0.4 is 10.6 Å². The normalized spacial score (nSPS) is 17.0. The summed E-state index contributed by atoms with van der Waals surface area (Å²) in [6.45, 7) is 1.37. The molecule has 1 heterocycles. The molecule has 6 nitrogen and oxygen atoms in total. The van der Waals surface area contributed by atoms with Gasteiger partial charge in [0.05, 0.1) is 11.0 Å². The minimum Gasteiger partial charge on any atom is -0.342 e. The minimum atomic E-state index is -0.0647. The number of nitrogens with zero attached hydrogens (tertiary/aromatic N) is 2. The molecule has 1 aliphatic rings. The van der Waals surface area contributed by atoms with E-state index < -0.39 is 0 Å². The van der Waals surface area contributed by atoms with E-state index in [9.17, 15) is 4.79 Å². The lowest BCUT2D eigenvalue weighted by Gasteiger charge is -2.39. The van der Waals surface area contributed by atoms with Crippen LogP contribution in [0.15, 0.2) is 24.3 Å². The van der Waals surface area contributed by atoms with Gasteiger partial charge in [0.2, 0.25) is 0 Å². The van der Waals surface area contributed by atoms with Crippen molar-refractivity contribution in [3.05, 3.63) is 30.1 Å². The van der Waals surface area contributed by atoms with E-state index in [1.807, 2.05) is 24.3 Å². The Morgan fingerprint density at radius 1 is 1.15 bits per heavy atom. The molecule has 1 aliphatic carbocycles. The van der Waals surface area contributed by atoms with E-state index in [-0.39, 0.29) is 11.6 Å².